The number of benzene rings is 2. The van der Waals surface area contributed by atoms with E-state index in [4.69, 9.17) is 0 Å². The molecular weight excluding hydrogens is 384 g/mol. The second-order valence-electron chi connectivity index (χ2n) is 8.76. The lowest BCUT2D eigenvalue weighted by molar-refractivity contribution is 0.0563. The van der Waals surface area contributed by atoms with Crippen LogP contribution in [0.15, 0.2) is 54.7 Å². The zero-order chi connectivity index (χ0) is 21.6. The van der Waals surface area contributed by atoms with E-state index < -0.39 is 0 Å². The van der Waals surface area contributed by atoms with Crippen LogP contribution < -0.4 is 0 Å². The molecule has 1 unspecified atom stereocenters. The van der Waals surface area contributed by atoms with Crippen molar-refractivity contribution in [3.05, 3.63) is 77.0 Å². The molecule has 5 heteroatoms. The second kappa shape index (κ2) is 10.2. The molecule has 0 amide bonds. The fraction of sp³-hybridized carbons (Fsp3) is 0.423. The Kier molecular flexibility index (Phi) is 7.17. The topological polar surface area (TPSA) is 55.4 Å². The molecule has 164 valence electrons. The lowest BCUT2D eigenvalue weighted by atomic mass is 10.00. The first-order chi connectivity index (χ1) is 15.1. The van der Waals surface area contributed by atoms with Gasteiger partial charge in [0.15, 0.2) is 0 Å². The molecule has 1 fully saturated rings. The summed E-state index contributed by atoms with van der Waals surface area (Å²) >= 11 is 0. The van der Waals surface area contributed by atoms with Crippen LogP contribution in [0.5, 0.6) is 0 Å². The van der Waals surface area contributed by atoms with Gasteiger partial charge in [-0.15, -0.1) is 0 Å². The van der Waals surface area contributed by atoms with Crippen LogP contribution in [0.25, 0.3) is 11.3 Å². The summed E-state index contributed by atoms with van der Waals surface area (Å²) in [5.41, 5.74) is 7.52. The zero-order valence-electron chi connectivity index (χ0n) is 18.7. The molecule has 3 aromatic rings. The molecular formula is C26H34N4O. The van der Waals surface area contributed by atoms with E-state index in [0.29, 0.717) is 6.04 Å². The minimum Gasteiger partial charge on any atom is -0.396 e. The van der Waals surface area contributed by atoms with Crippen molar-refractivity contribution >= 4 is 0 Å². The van der Waals surface area contributed by atoms with Crippen molar-refractivity contribution < 1.29 is 5.11 Å². The van der Waals surface area contributed by atoms with E-state index in [1.807, 2.05) is 6.20 Å². The molecule has 4 rings (SSSR count). The molecule has 31 heavy (non-hydrogen) atoms. The molecule has 1 aromatic heterocycles. The Hall–Kier alpha value is -2.47. The van der Waals surface area contributed by atoms with Crippen LogP contribution in [0.3, 0.4) is 0 Å². The third-order valence-electron chi connectivity index (χ3n) is 6.46. The number of H-pyrrole nitrogens is 1. The lowest BCUT2D eigenvalue weighted by Gasteiger charge is -2.41. The average molecular weight is 419 g/mol. The fourth-order valence-corrected chi connectivity index (χ4v) is 4.65. The van der Waals surface area contributed by atoms with Crippen LogP contribution in [-0.2, 0) is 13.0 Å². The van der Waals surface area contributed by atoms with Gasteiger partial charge in [0.1, 0.15) is 0 Å². The van der Waals surface area contributed by atoms with Crippen LogP contribution in [0.2, 0.25) is 0 Å². The van der Waals surface area contributed by atoms with Gasteiger partial charge < -0.3 is 5.11 Å². The SMILES string of the molecule is Cc1ccc(C)c(-c2[nH]ncc2CN2CCN(CCc3ccccc3)C(CCO)C2)c1. The number of rotatable bonds is 8. The monoisotopic (exact) mass is 418 g/mol. The Morgan fingerprint density at radius 1 is 1.10 bits per heavy atom. The van der Waals surface area contributed by atoms with E-state index in [1.54, 1.807) is 0 Å². The van der Waals surface area contributed by atoms with Crippen LogP contribution >= 0.6 is 0 Å². The number of hydrogen-bond donors (Lipinski definition) is 2. The largest absolute Gasteiger partial charge is 0.396 e. The lowest BCUT2D eigenvalue weighted by Crippen LogP contribution is -2.53. The molecule has 1 saturated heterocycles. The maximum absolute atomic E-state index is 9.65. The first kappa shape index (κ1) is 21.8. The number of nitrogens with one attached hydrogen (secondary N) is 1. The third kappa shape index (κ3) is 5.42. The van der Waals surface area contributed by atoms with Crippen LogP contribution in [0, 0.1) is 13.8 Å². The van der Waals surface area contributed by atoms with E-state index in [0.717, 1.165) is 51.3 Å². The maximum atomic E-state index is 9.65. The Labute approximate surface area is 185 Å². The minimum atomic E-state index is 0.236. The molecule has 5 nitrogen and oxygen atoms in total. The second-order valence-corrected chi connectivity index (χ2v) is 8.76. The van der Waals surface area contributed by atoms with E-state index in [2.05, 4.69) is 82.4 Å². The van der Waals surface area contributed by atoms with E-state index in [1.165, 1.54) is 27.8 Å². The number of aliphatic hydroxyl groups excluding tert-OH is 1. The molecule has 0 bridgehead atoms. The quantitative estimate of drug-likeness (QED) is 0.584. The van der Waals surface area contributed by atoms with Gasteiger partial charge in [-0.1, -0.05) is 48.0 Å². The predicted molar refractivity (Wildman–Crippen MR) is 126 cm³/mol. The summed E-state index contributed by atoms with van der Waals surface area (Å²) in [5, 5.41) is 17.3. The summed E-state index contributed by atoms with van der Waals surface area (Å²) in [4.78, 5) is 5.07. The Morgan fingerprint density at radius 3 is 2.74 bits per heavy atom. The van der Waals surface area contributed by atoms with Crippen molar-refractivity contribution in [3.8, 4) is 11.3 Å². The molecule has 0 spiro atoms. The number of aromatic nitrogens is 2. The number of aryl methyl sites for hydroxylation is 2. The number of aliphatic hydroxyl groups is 1. The minimum absolute atomic E-state index is 0.236. The van der Waals surface area contributed by atoms with Crippen molar-refractivity contribution in [1.82, 2.24) is 20.0 Å². The van der Waals surface area contributed by atoms with Gasteiger partial charge in [0.25, 0.3) is 0 Å². The fourth-order valence-electron chi connectivity index (χ4n) is 4.65. The first-order valence-electron chi connectivity index (χ1n) is 11.3. The number of piperazine rings is 1. The van der Waals surface area contributed by atoms with Crippen LogP contribution in [0.1, 0.15) is 28.7 Å². The summed E-state index contributed by atoms with van der Waals surface area (Å²) in [6.45, 7) is 9.50. The van der Waals surface area contributed by atoms with E-state index in [9.17, 15) is 5.11 Å². The Morgan fingerprint density at radius 2 is 1.94 bits per heavy atom. The van der Waals surface area contributed by atoms with Gasteiger partial charge in [-0.2, -0.15) is 5.10 Å². The van der Waals surface area contributed by atoms with Crippen LogP contribution in [-0.4, -0.2) is 63.9 Å². The normalized spacial score (nSPS) is 17.8. The third-order valence-corrected chi connectivity index (χ3v) is 6.46. The van der Waals surface area contributed by atoms with Crippen molar-refractivity contribution in [2.75, 3.05) is 32.8 Å². The molecule has 0 radical (unpaired) electrons. The standard InChI is InChI=1S/C26H34N4O/c1-20-8-9-21(2)25(16-20)26-23(17-27-28-26)18-29-13-14-30(24(19-29)11-15-31)12-10-22-6-4-3-5-7-22/h3-9,16-17,24,31H,10-15,18-19H2,1-2H3,(H,27,28). The number of aromatic amines is 1. The molecule has 1 atom stereocenters. The summed E-state index contributed by atoms with van der Waals surface area (Å²) in [7, 11) is 0. The van der Waals surface area contributed by atoms with Gasteiger partial charge >= 0.3 is 0 Å². The molecule has 0 saturated carbocycles. The Balaban J connectivity index is 1.42. The molecule has 0 aliphatic carbocycles. The zero-order valence-corrected chi connectivity index (χ0v) is 18.7. The summed E-state index contributed by atoms with van der Waals surface area (Å²) < 4.78 is 0. The first-order valence-corrected chi connectivity index (χ1v) is 11.3. The molecule has 1 aliphatic rings. The van der Waals surface area contributed by atoms with E-state index >= 15 is 0 Å². The highest BCUT2D eigenvalue weighted by molar-refractivity contribution is 5.67. The van der Waals surface area contributed by atoms with Gasteiger partial charge in [0.2, 0.25) is 0 Å². The van der Waals surface area contributed by atoms with Gasteiger partial charge in [-0.3, -0.25) is 14.9 Å². The maximum Gasteiger partial charge on any atom is 0.0698 e. The summed E-state index contributed by atoms with van der Waals surface area (Å²) in [5.74, 6) is 0. The number of hydrogen-bond acceptors (Lipinski definition) is 4. The summed E-state index contributed by atoms with van der Waals surface area (Å²) in [6.07, 6.45) is 3.85. The molecule has 2 aromatic carbocycles. The molecule has 1 aliphatic heterocycles. The van der Waals surface area contributed by atoms with Crippen molar-refractivity contribution in [2.45, 2.75) is 39.3 Å². The highest BCUT2D eigenvalue weighted by Crippen LogP contribution is 2.27. The van der Waals surface area contributed by atoms with Gasteiger partial charge in [-0.05, 0) is 43.9 Å². The van der Waals surface area contributed by atoms with E-state index in [-0.39, 0.29) is 6.61 Å². The molecule has 2 heterocycles. The van der Waals surface area contributed by atoms with Crippen molar-refractivity contribution in [1.29, 1.82) is 0 Å². The van der Waals surface area contributed by atoms with Crippen LogP contribution in [0.4, 0.5) is 0 Å². The summed E-state index contributed by atoms with van der Waals surface area (Å²) in [6, 6.07) is 17.6. The van der Waals surface area contributed by atoms with Gasteiger partial charge in [-0.25, -0.2) is 0 Å². The van der Waals surface area contributed by atoms with Crippen molar-refractivity contribution in [3.63, 3.8) is 0 Å². The Bertz CT molecular complexity index is 969. The van der Waals surface area contributed by atoms with Crippen molar-refractivity contribution in [2.24, 2.45) is 0 Å². The predicted octanol–water partition coefficient (Wildman–Crippen LogP) is 3.80. The van der Waals surface area contributed by atoms with Gasteiger partial charge in [0, 0.05) is 56.5 Å². The van der Waals surface area contributed by atoms with Gasteiger partial charge in [0.05, 0.1) is 11.9 Å². The average Bonchev–Trinajstić information content (AvgIpc) is 3.23. The highest BCUT2D eigenvalue weighted by Gasteiger charge is 2.27. The smallest absolute Gasteiger partial charge is 0.0698 e. The molecule has 2 N–H and O–H groups in total. The highest BCUT2D eigenvalue weighted by atomic mass is 16.3. The number of nitrogens with zero attached hydrogens (tertiary/aromatic N) is 3.